The zero-order chi connectivity index (χ0) is 15.1. The number of aryl methyl sites for hydroxylation is 1. The standard InChI is InChI=1S/C16H14ClNO3/c1-9-8-13-11(16(20)21)6-7-18(13)14(9)15(19)10-4-2-3-5-12(10)17/h2-5,8,11H,6-7H2,1H3,(H,20,21). The van der Waals surface area contributed by atoms with E-state index in [-0.39, 0.29) is 5.78 Å². The van der Waals surface area contributed by atoms with Crippen LogP contribution in [0.4, 0.5) is 0 Å². The first-order valence-corrected chi connectivity index (χ1v) is 7.10. The summed E-state index contributed by atoms with van der Waals surface area (Å²) in [5.41, 5.74) is 2.49. The first-order valence-electron chi connectivity index (χ1n) is 6.72. The highest BCUT2D eigenvalue weighted by Gasteiger charge is 2.33. The molecule has 5 heteroatoms. The number of carbonyl (C=O) groups excluding carboxylic acids is 1. The van der Waals surface area contributed by atoms with E-state index in [4.69, 9.17) is 11.6 Å². The molecule has 0 aliphatic carbocycles. The number of carboxylic acid groups (broad SMARTS) is 1. The molecule has 1 aromatic carbocycles. The summed E-state index contributed by atoms with van der Waals surface area (Å²) in [5, 5.41) is 9.65. The Morgan fingerprint density at radius 1 is 1.33 bits per heavy atom. The maximum Gasteiger partial charge on any atom is 0.312 e. The summed E-state index contributed by atoms with van der Waals surface area (Å²) in [4.78, 5) is 24.0. The van der Waals surface area contributed by atoms with Gasteiger partial charge in [0.15, 0.2) is 0 Å². The molecule has 1 atom stereocenters. The van der Waals surface area contributed by atoms with E-state index in [2.05, 4.69) is 0 Å². The van der Waals surface area contributed by atoms with Crippen molar-refractivity contribution in [3.63, 3.8) is 0 Å². The number of nitrogens with zero attached hydrogens (tertiary/aromatic N) is 1. The van der Waals surface area contributed by atoms with Gasteiger partial charge in [0, 0.05) is 17.8 Å². The van der Waals surface area contributed by atoms with Gasteiger partial charge in [-0.2, -0.15) is 0 Å². The second kappa shape index (κ2) is 5.04. The normalized spacial score (nSPS) is 16.8. The smallest absolute Gasteiger partial charge is 0.312 e. The summed E-state index contributed by atoms with van der Waals surface area (Å²) in [6.45, 7) is 2.37. The molecular weight excluding hydrogens is 290 g/mol. The molecule has 0 fully saturated rings. The number of carbonyl (C=O) groups is 2. The minimum atomic E-state index is -0.844. The maximum absolute atomic E-state index is 12.7. The van der Waals surface area contributed by atoms with Crippen molar-refractivity contribution in [3.05, 3.63) is 57.9 Å². The van der Waals surface area contributed by atoms with Crippen LogP contribution in [-0.2, 0) is 11.3 Å². The lowest BCUT2D eigenvalue weighted by molar-refractivity contribution is -0.138. The van der Waals surface area contributed by atoms with E-state index in [1.807, 2.05) is 11.5 Å². The van der Waals surface area contributed by atoms with Crippen molar-refractivity contribution in [1.29, 1.82) is 0 Å². The van der Waals surface area contributed by atoms with Gasteiger partial charge in [0.05, 0.1) is 16.6 Å². The van der Waals surface area contributed by atoms with E-state index in [9.17, 15) is 14.7 Å². The van der Waals surface area contributed by atoms with Gasteiger partial charge >= 0.3 is 5.97 Å². The topological polar surface area (TPSA) is 59.3 Å². The summed E-state index contributed by atoms with van der Waals surface area (Å²) < 4.78 is 1.82. The van der Waals surface area contributed by atoms with Gasteiger partial charge in [-0.3, -0.25) is 9.59 Å². The Morgan fingerprint density at radius 2 is 2.05 bits per heavy atom. The number of hydrogen-bond donors (Lipinski definition) is 1. The van der Waals surface area contributed by atoms with Crippen LogP contribution >= 0.6 is 11.6 Å². The molecule has 2 heterocycles. The van der Waals surface area contributed by atoms with Gasteiger partial charge in [0.1, 0.15) is 0 Å². The number of fused-ring (bicyclic) bond motifs is 1. The molecule has 1 aliphatic heterocycles. The van der Waals surface area contributed by atoms with Crippen LogP contribution in [0, 0.1) is 6.92 Å². The van der Waals surface area contributed by atoms with Crippen LogP contribution in [0.1, 0.15) is 39.6 Å². The molecule has 4 nitrogen and oxygen atoms in total. The zero-order valence-electron chi connectivity index (χ0n) is 11.5. The molecule has 0 spiro atoms. The van der Waals surface area contributed by atoms with Crippen molar-refractivity contribution < 1.29 is 14.7 Å². The Bertz CT molecular complexity index is 748. The average molecular weight is 304 g/mol. The molecule has 1 unspecified atom stereocenters. The van der Waals surface area contributed by atoms with Crippen LogP contribution < -0.4 is 0 Å². The zero-order valence-corrected chi connectivity index (χ0v) is 12.2. The number of benzene rings is 1. The minimum Gasteiger partial charge on any atom is -0.481 e. The molecule has 3 rings (SSSR count). The molecule has 108 valence electrons. The molecule has 1 aliphatic rings. The van der Waals surface area contributed by atoms with Crippen molar-refractivity contribution >= 4 is 23.4 Å². The fourth-order valence-corrected chi connectivity index (χ4v) is 3.19. The van der Waals surface area contributed by atoms with Gasteiger partial charge < -0.3 is 9.67 Å². The molecule has 2 aromatic rings. The number of hydrogen-bond acceptors (Lipinski definition) is 2. The Labute approximate surface area is 127 Å². The summed E-state index contributed by atoms with van der Waals surface area (Å²) in [6, 6.07) is 8.71. The highest BCUT2D eigenvalue weighted by molar-refractivity contribution is 6.35. The Balaban J connectivity index is 2.09. The number of ketones is 1. The van der Waals surface area contributed by atoms with Crippen LogP contribution in [0.25, 0.3) is 0 Å². The summed E-state index contributed by atoms with van der Waals surface area (Å²) in [5.74, 6) is -1.53. The van der Waals surface area contributed by atoms with E-state index in [1.54, 1.807) is 30.3 Å². The van der Waals surface area contributed by atoms with Gasteiger partial charge in [0.2, 0.25) is 5.78 Å². The van der Waals surface area contributed by atoms with E-state index in [0.717, 1.165) is 5.56 Å². The highest BCUT2D eigenvalue weighted by Crippen LogP contribution is 2.34. The monoisotopic (exact) mass is 303 g/mol. The van der Waals surface area contributed by atoms with E-state index < -0.39 is 11.9 Å². The minimum absolute atomic E-state index is 0.157. The maximum atomic E-state index is 12.7. The molecule has 1 N–H and O–H groups in total. The van der Waals surface area contributed by atoms with Crippen molar-refractivity contribution in [2.75, 3.05) is 0 Å². The largest absolute Gasteiger partial charge is 0.481 e. The van der Waals surface area contributed by atoms with Crippen molar-refractivity contribution in [2.45, 2.75) is 25.8 Å². The van der Waals surface area contributed by atoms with Crippen LogP contribution in [0.2, 0.25) is 5.02 Å². The molecular formula is C16H14ClNO3. The molecule has 21 heavy (non-hydrogen) atoms. The first kappa shape index (κ1) is 13.9. The van der Waals surface area contributed by atoms with Gasteiger partial charge in [0.25, 0.3) is 0 Å². The van der Waals surface area contributed by atoms with Crippen molar-refractivity contribution in [2.24, 2.45) is 0 Å². The number of halogens is 1. The predicted molar refractivity (Wildman–Crippen MR) is 79.0 cm³/mol. The van der Waals surface area contributed by atoms with E-state index in [0.29, 0.717) is 34.9 Å². The third-order valence-corrected chi connectivity index (χ3v) is 4.28. The Kier molecular flexibility index (Phi) is 3.33. The molecule has 0 bridgehead atoms. The summed E-state index contributed by atoms with van der Waals surface area (Å²) in [6.07, 6.45) is 0.522. The second-order valence-electron chi connectivity index (χ2n) is 5.24. The fourth-order valence-electron chi connectivity index (χ4n) is 2.97. The molecule has 0 saturated carbocycles. The third kappa shape index (κ3) is 2.16. The number of carboxylic acids is 1. The average Bonchev–Trinajstić information content (AvgIpc) is 2.96. The lowest BCUT2D eigenvalue weighted by Crippen LogP contribution is -2.11. The fraction of sp³-hybridized carbons (Fsp3) is 0.250. The van der Waals surface area contributed by atoms with Gasteiger partial charge in [-0.05, 0) is 37.1 Å². The highest BCUT2D eigenvalue weighted by atomic mass is 35.5. The molecule has 1 aromatic heterocycles. The van der Waals surface area contributed by atoms with Gasteiger partial charge in [-0.1, -0.05) is 23.7 Å². The molecule has 0 saturated heterocycles. The summed E-state index contributed by atoms with van der Waals surface area (Å²) in [7, 11) is 0. The lowest BCUT2D eigenvalue weighted by atomic mass is 10.0. The van der Waals surface area contributed by atoms with Crippen molar-refractivity contribution in [1.82, 2.24) is 4.57 Å². The van der Waals surface area contributed by atoms with Gasteiger partial charge in [-0.15, -0.1) is 0 Å². The number of rotatable bonds is 3. The van der Waals surface area contributed by atoms with Crippen LogP contribution in [0.15, 0.2) is 30.3 Å². The van der Waals surface area contributed by atoms with E-state index in [1.165, 1.54) is 0 Å². The lowest BCUT2D eigenvalue weighted by Gasteiger charge is -2.08. The number of aliphatic carboxylic acids is 1. The van der Waals surface area contributed by atoms with Crippen molar-refractivity contribution in [3.8, 4) is 0 Å². The predicted octanol–water partition coefficient (Wildman–Crippen LogP) is 3.25. The van der Waals surface area contributed by atoms with E-state index >= 15 is 0 Å². The molecule has 0 radical (unpaired) electrons. The number of aromatic nitrogens is 1. The summed E-state index contributed by atoms with van der Waals surface area (Å²) >= 11 is 6.09. The SMILES string of the molecule is Cc1cc2n(c1C(=O)c1ccccc1Cl)CCC2C(=O)O. The Morgan fingerprint density at radius 3 is 2.71 bits per heavy atom. The van der Waals surface area contributed by atoms with Gasteiger partial charge in [-0.25, -0.2) is 0 Å². The first-order chi connectivity index (χ1) is 10.0. The van der Waals surface area contributed by atoms with Crippen LogP contribution in [-0.4, -0.2) is 21.4 Å². The third-order valence-electron chi connectivity index (χ3n) is 3.95. The quantitative estimate of drug-likeness (QED) is 0.885. The second-order valence-corrected chi connectivity index (χ2v) is 5.65. The Hall–Kier alpha value is -2.07. The molecule has 0 amide bonds. The van der Waals surface area contributed by atoms with Crippen LogP contribution in [0.5, 0.6) is 0 Å². The van der Waals surface area contributed by atoms with Crippen LogP contribution in [0.3, 0.4) is 0 Å².